The van der Waals surface area contributed by atoms with Crippen molar-refractivity contribution in [1.29, 1.82) is 0 Å². The molecular formula is C22H30N3O5+. The van der Waals surface area contributed by atoms with E-state index in [1.54, 1.807) is 0 Å². The van der Waals surface area contributed by atoms with Crippen molar-refractivity contribution in [1.82, 2.24) is 9.97 Å². The van der Waals surface area contributed by atoms with E-state index in [9.17, 15) is 4.79 Å². The Morgan fingerprint density at radius 2 is 1.53 bits per heavy atom. The molecule has 2 aromatic rings. The van der Waals surface area contributed by atoms with Crippen LogP contribution in [0.4, 0.5) is 4.79 Å². The van der Waals surface area contributed by atoms with Gasteiger partial charge in [0.05, 0.1) is 13.1 Å². The number of amides is 1. The van der Waals surface area contributed by atoms with Crippen LogP contribution in [0.1, 0.15) is 33.6 Å². The summed E-state index contributed by atoms with van der Waals surface area (Å²) >= 11 is 0. The Labute approximate surface area is 177 Å². The van der Waals surface area contributed by atoms with E-state index in [1.807, 2.05) is 51.1 Å². The fraction of sp³-hybridized carbons (Fsp3) is 0.500. The third kappa shape index (κ3) is 6.06. The van der Waals surface area contributed by atoms with Crippen LogP contribution in [-0.2, 0) is 4.74 Å². The van der Waals surface area contributed by atoms with Gasteiger partial charge in [-0.3, -0.25) is 0 Å². The van der Waals surface area contributed by atoms with E-state index in [4.69, 9.17) is 18.9 Å². The fourth-order valence-corrected chi connectivity index (χ4v) is 3.17. The second kappa shape index (κ2) is 9.75. The first-order valence-corrected chi connectivity index (χ1v) is 10.2. The van der Waals surface area contributed by atoms with Crippen LogP contribution in [0.25, 0.3) is 0 Å². The molecule has 1 aliphatic rings. The predicted octanol–water partition coefficient (Wildman–Crippen LogP) is 3.82. The quantitative estimate of drug-likeness (QED) is 0.478. The molecule has 0 atom stereocenters. The van der Waals surface area contributed by atoms with Crippen molar-refractivity contribution in [2.75, 3.05) is 33.0 Å². The summed E-state index contributed by atoms with van der Waals surface area (Å²) in [6, 6.07) is 9.51. The molecule has 0 N–H and O–H groups in total. The van der Waals surface area contributed by atoms with Gasteiger partial charge in [-0.05, 0) is 32.9 Å². The summed E-state index contributed by atoms with van der Waals surface area (Å²) in [6.07, 6.45) is 4.69. The maximum absolute atomic E-state index is 12.8. The summed E-state index contributed by atoms with van der Waals surface area (Å²) in [4.78, 5) is 21.3. The maximum atomic E-state index is 12.8. The molecule has 30 heavy (non-hydrogen) atoms. The minimum Gasteiger partial charge on any atom is -0.490 e. The Balaban J connectivity index is 1.57. The van der Waals surface area contributed by atoms with Crippen LogP contribution in [0.15, 0.2) is 42.7 Å². The van der Waals surface area contributed by atoms with Crippen molar-refractivity contribution in [3.8, 4) is 17.5 Å². The first-order valence-electron chi connectivity index (χ1n) is 10.2. The third-order valence-electron chi connectivity index (χ3n) is 4.62. The van der Waals surface area contributed by atoms with Gasteiger partial charge in [0.25, 0.3) is 11.8 Å². The molecule has 8 heteroatoms. The molecule has 1 fully saturated rings. The normalized spacial score (nSPS) is 15.4. The summed E-state index contributed by atoms with van der Waals surface area (Å²) in [5, 5.41) is 0. The molecular weight excluding hydrogens is 386 g/mol. The van der Waals surface area contributed by atoms with E-state index >= 15 is 0 Å². The Morgan fingerprint density at radius 3 is 2.17 bits per heavy atom. The molecule has 0 bridgehead atoms. The van der Waals surface area contributed by atoms with Crippen molar-refractivity contribution in [2.45, 2.75) is 39.2 Å². The predicted molar refractivity (Wildman–Crippen MR) is 110 cm³/mol. The Hall–Kier alpha value is -2.87. The van der Waals surface area contributed by atoms with E-state index in [-0.39, 0.29) is 35.7 Å². The molecule has 8 nitrogen and oxygen atoms in total. The molecule has 1 amide bonds. The molecule has 3 rings (SSSR count). The summed E-state index contributed by atoms with van der Waals surface area (Å²) < 4.78 is 23.0. The van der Waals surface area contributed by atoms with Crippen LogP contribution < -0.4 is 14.2 Å². The van der Waals surface area contributed by atoms with Gasteiger partial charge in [-0.1, -0.05) is 18.2 Å². The van der Waals surface area contributed by atoms with Crippen LogP contribution in [0.2, 0.25) is 0 Å². The van der Waals surface area contributed by atoms with Gasteiger partial charge in [0, 0.05) is 25.2 Å². The lowest BCUT2D eigenvalue weighted by Gasteiger charge is -2.32. The zero-order valence-corrected chi connectivity index (χ0v) is 17.9. The van der Waals surface area contributed by atoms with E-state index < -0.39 is 5.60 Å². The van der Waals surface area contributed by atoms with Crippen molar-refractivity contribution in [3.05, 3.63) is 42.7 Å². The molecule has 2 heterocycles. The number of carbonyl (C=O) groups excluding carboxylic acids is 1. The summed E-state index contributed by atoms with van der Waals surface area (Å²) in [5.41, 5.74) is -0.551. The van der Waals surface area contributed by atoms with Crippen LogP contribution in [0.5, 0.6) is 17.5 Å². The highest BCUT2D eigenvalue weighted by atomic mass is 16.6. The SMILES string of the molecule is CC(C)(C)OC(=O)[N+]1(COc2nccnc2OCCOc2ccccc2)CCCC1. The lowest BCUT2D eigenvalue weighted by atomic mass is 10.2. The van der Waals surface area contributed by atoms with Crippen LogP contribution in [0.3, 0.4) is 0 Å². The number of likely N-dealkylation sites (tertiary alicyclic amines) is 1. The van der Waals surface area contributed by atoms with Crippen molar-refractivity contribution in [3.63, 3.8) is 0 Å². The number of nitrogens with zero attached hydrogens (tertiary/aromatic N) is 3. The Bertz CT molecular complexity index is 817. The van der Waals surface area contributed by atoms with Gasteiger partial charge in [-0.25, -0.2) is 9.97 Å². The molecule has 0 aliphatic carbocycles. The van der Waals surface area contributed by atoms with Crippen LogP contribution in [0, 0.1) is 0 Å². The van der Waals surface area contributed by atoms with Gasteiger partial charge in [-0.15, -0.1) is 0 Å². The Kier molecular flexibility index (Phi) is 7.10. The zero-order chi connectivity index (χ0) is 21.5. The summed E-state index contributed by atoms with van der Waals surface area (Å²) in [6.45, 7) is 7.73. The number of hydrogen-bond donors (Lipinski definition) is 0. The summed E-state index contributed by atoms with van der Waals surface area (Å²) in [7, 11) is 0. The van der Waals surface area contributed by atoms with Gasteiger partial charge < -0.3 is 18.9 Å². The average molecular weight is 416 g/mol. The lowest BCUT2D eigenvalue weighted by molar-refractivity contribution is -0.862. The summed E-state index contributed by atoms with van der Waals surface area (Å²) in [5.74, 6) is 1.30. The molecule has 0 radical (unpaired) electrons. The molecule has 0 unspecified atom stereocenters. The smallest absolute Gasteiger partial charge is 0.490 e. The van der Waals surface area contributed by atoms with Crippen molar-refractivity contribution < 1.29 is 28.2 Å². The monoisotopic (exact) mass is 416 g/mol. The highest BCUT2D eigenvalue weighted by molar-refractivity contribution is 5.60. The highest BCUT2D eigenvalue weighted by Crippen LogP contribution is 2.27. The number of carbonyl (C=O) groups is 1. The van der Waals surface area contributed by atoms with E-state index in [2.05, 4.69) is 9.97 Å². The van der Waals surface area contributed by atoms with Crippen molar-refractivity contribution >= 4 is 6.09 Å². The number of ether oxygens (including phenoxy) is 4. The van der Waals surface area contributed by atoms with E-state index in [0.29, 0.717) is 19.7 Å². The molecule has 162 valence electrons. The maximum Gasteiger partial charge on any atom is 0.519 e. The standard InChI is InChI=1S/C22H30N3O5/c1-22(2,3)30-21(26)25(13-7-8-14-25)17-29-20-19(23-11-12-24-20)28-16-15-27-18-9-5-4-6-10-18/h4-6,9-12H,7-8,13-17H2,1-3H3/q+1. The van der Waals surface area contributed by atoms with Crippen LogP contribution >= 0.6 is 0 Å². The number of para-hydroxylation sites is 1. The lowest BCUT2D eigenvalue weighted by Crippen LogP contribution is -2.54. The van der Waals surface area contributed by atoms with E-state index in [1.165, 1.54) is 12.4 Å². The zero-order valence-electron chi connectivity index (χ0n) is 17.9. The first kappa shape index (κ1) is 21.8. The molecule has 1 aliphatic heterocycles. The third-order valence-corrected chi connectivity index (χ3v) is 4.62. The number of hydrogen-bond acceptors (Lipinski definition) is 7. The number of aromatic nitrogens is 2. The number of quaternary nitrogens is 1. The number of benzene rings is 1. The van der Waals surface area contributed by atoms with Crippen molar-refractivity contribution in [2.24, 2.45) is 0 Å². The molecule has 0 spiro atoms. The Morgan fingerprint density at radius 1 is 0.933 bits per heavy atom. The average Bonchev–Trinajstić information content (AvgIpc) is 3.20. The number of rotatable bonds is 8. The minimum absolute atomic E-state index is 0.115. The van der Waals surface area contributed by atoms with Gasteiger partial charge in [0.2, 0.25) is 6.73 Å². The van der Waals surface area contributed by atoms with Crippen LogP contribution in [-0.4, -0.2) is 59.2 Å². The second-order valence-corrected chi connectivity index (χ2v) is 8.23. The first-order chi connectivity index (χ1) is 14.4. The molecule has 0 saturated carbocycles. The van der Waals surface area contributed by atoms with Gasteiger partial charge in [0.1, 0.15) is 24.6 Å². The highest BCUT2D eigenvalue weighted by Gasteiger charge is 2.44. The topological polar surface area (TPSA) is 79.8 Å². The van der Waals surface area contributed by atoms with Gasteiger partial charge in [0.15, 0.2) is 0 Å². The molecule has 1 aromatic heterocycles. The second-order valence-electron chi connectivity index (χ2n) is 8.23. The largest absolute Gasteiger partial charge is 0.519 e. The van der Waals surface area contributed by atoms with E-state index in [0.717, 1.165) is 18.6 Å². The van der Waals surface area contributed by atoms with Gasteiger partial charge >= 0.3 is 6.09 Å². The molecule has 1 aromatic carbocycles. The molecule has 1 saturated heterocycles. The van der Waals surface area contributed by atoms with Gasteiger partial charge in [-0.2, -0.15) is 9.28 Å². The fourth-order valence-electron chi connectivity index (χ4n) is 3.17. The minimum atomic E-state index is -0.551.